The highest BCUT2D eigenvalue weighted by Gasteiger charge is 1.96. The Morgan fingerprint density at radius 2 is 2.17 bits per heavy atom. The van der Waals surface area contributed by atoms with Gasteiger partial charge >= 0.3 is 0 Å². The fourth-order valence-electron chi connectivity index (χ4n) is 1.59. The minimum atomic E-state index is 0.659. The lowest BCUT2D eigenvalue weighted by Gasteiger charge is -2.05. The summed E-state index contributed by atoms with van der Waals surface area (Å²) in [5.41, 5.74) is 1.95. The lowest BCUT2D eigenvalue weighted by molar-refractivity contribution is 0.310. The monoisotopic (exact) mass is 245 g/mol. The van der Waals surface area contributed by atoms with Crippen molar-refractivity contribution in [3.8, 4) is 5.75 Å². The first-order chi connectivity index (χ1) is 8.88. The smallest absolute Gasteiger partial charge is 0.119 e. The fraction of sp³-hybridized carbons (Fsp3) is 0.231. The fourth-order valence-corrected chi connectivity index (χ4v) is 1.59. The van der Waals surface area contributed by atoms with Gasteiger partial charge < -0.3 is 14.9 Å². The third-order valence-corrected chi connectivity index (χ3v) is 2.50. The van der Waals surface area contributed by atoms with Gasteiger partial charge in [-0.25, -0.2) is 4.98 Å². The first-order valence-corrected chi connectivity index (χ1v) is 5.76. The highest BCUT2D eigenvalue weighted by Crippen LogP contribution is 2.11. The van der Waals surface area contributed by atoms with Crippen molar-refractivity contribution in [1.82, 2.24) is 9.97 Å². The molecule has 5 nitrogen and oxygen atoms in total. The topological polar surface area (TPSA) is 70.5 Å². The van der Waals surface area contributed by atoms with Crippen LogP contribution < -0.4 is 4.74 Å². The maximum atomic E-state index is 8.38. The van der Waals surface area contributed by atoms with Crippen molar-refractivity contribution in [1.29, 1.82) is 0 Å². The molecule has 0 amide bonds. The van der Waals surface area contributed by atoms with Gasteiger partial charge in [-0.15, -0.1) is 0 Å². The van der Waals surface area contributed by atoms with Crippen LogP contribution in [0.25, 0.3) is 0 Å². The molecule has 0 saturated heterocycles. The van der Waals surface area contributed by atoms with Crippen molar-refractivity contribution in [3.05, 3.63) is 48.0 Å². The first-order valence-electron chi connectivity index (χ1n) is 5.76. The second-order valence-corrected chi connectivity index (χ2v) is 3.84. The predicted molar refractivity (Wildman–Crippen MR) is 68.2 cm³/mol. The lowest BCUT2D eigenvalue weighted by atomic mass is 10.2. The molecule has 0 aliphatic carbocycles. The molecule has 2 rings (SSSR count). The van der Waals surface area contributed by atoms with Crippen LogP contribution in [-0.2, 0) is 6.42 Å². The van der Waals surface area contributed by atoms with Crippen LogP contribution in [0.4, 0.5) is 0 Å². The SMILES string of the molecule is O/N=C/c1ccc(OCCCc2cnc[nH]2)cc1. The summed E-state index contributed by atoms with van der Waals surface area (Å²) in [6.45, 7) is 0.659. The van der Waals surface area contributed by atoms with Gasteiger partial charge in [0.1, 0.15) is 5.75 Å². The number of imidazole rings is 1. The minimum Gasteiger partial charge on any atom is -0.494 e. The zero-order valence-electron chi connectivity index (χ0n) is 9.91. The van der Waals surface area contributed by atoms with E-state index in [4.69, 9.17) is 9.94 Å². The molecule has 0 fully saturated rings. The molecule has 0 atom stereocenters. The number of aryl methyl sites for hydroxylation is 1. The number of nitrogens with zero attached hydrogens (tertiary/aromatic N) is 2. The molecule has 1 heterocycles. The van der Waals surface area contributed by atoms with Gasteiger partial charge in [0.2, 0.25) is 0 Å². The van der Waals surface area contributed by atoms with Crippen molar-refractivity contribution >= 4 is 6.21 Å². The van der Waals surface area contributed by atoms with Crippen molar-refractivity contribution in [3.63, 3.8) is 0 Å². The molecule has 2 aromatic rings. The Labute approximate surface area is 105 Å². The van der Waals surface area contributed by atoms with Crippen LogP contribution >= 0.6 is 0 Å². The van der Waals surface area contributed by atoms with Gasteiger partial charge in [0.05, 0.1) is 19.1 Å². The number of rotatable bonds is 6. The maximum Gasteiger partial charge on any atom is 0.119 e. The highest BCUT2D eigenvalue weighted by molar-refractivity contribution is 5.79. The summed E-state index contributed by atoms with van der Waals surface area (Å²) in [7, 11) is 0. The number of hydrogen-bond donors (Lipinski definition) is 2. The molecule has 0 saturated carbocycles. The van der Waals surface area contributed by atoms with Crippen LogP contribution in [0.3, 0.4) is 0 Å². The van der Waals surface area contributed by atoms with Gasteiger partial charge in [0.15, 0.2) is 0 Å². The van der Waals surface area contributed by atoms with Gasteiger partial charge in [0.25, 0.3) is 0 Å². The number of H-pyrrole nitrogens is 1. The van der Waals surface area contributed by atoms with Gasteiger partial charge in [-0.05, 0) is 42.7 Å². The molecule has 5 heteroatoms. The molecular weight excluding hydrogens is 230 g/mol. The molecule has 0 aliphatic heterocycles. The third-order valence-electron chi connectivity index (χ3n) is 2.50. The Kier molecular flexibility index (Phi) is 4.35. The van der Waals surface area contributed by atoms with E-state index >= 15 is 0 Å². The number of ether oxygens (including phenoxy) is 1. The number of oxime groups is 1. The van der Waals surface area contributed by atoms with Crippen LogP contribution in [0.15, 0.2) is 41.9 Å². The first kappa shape index (κ1) is 12.2. The van der Waals surface area contributed by atoms with Crippen LogP contribution in [0.5, 0.6) is 5.75 Å². The van der Waals surface area contributed by atoms with Crippen LogP contribution in [0.2, 0.25) is 0 Å². The van der Waals surface area contributed by atoms with Crippen LogP contribution in [0.1, 0.15) is 17.7 Å². The zero-order valence-corrected chi connectivity index (χ0v) is 9.91. The predicted octanol–water partition coefficient (Wildman–Crippen LogP) is 2.23. The summed E-state index contributed by atoms with van der Waals surface area (Å²) in [5.74, 6) is 0.815. The molecule has 0 unspecified atom stereocenters. The number of benzene rings is 1. The Balaban J connectivity index is 1.73. The van der Waals surface area contributed by atoms with Crippen molar-refractivity contribution in [2.75, 3.05) is 6.61 Å². The number of nitrogens with one attached hydrogen (secondary N) is 1. The molecule has 1 aromatic heterocycles. The van der Waals surface area contributed by atoms with E-state index in [1.165, 1.54) is 6.21 Å². The third kappa shape index (κ3) is 3.62. The summed E-state index contributed by atoms with van der Waals surface area (Å²) in [6.07, 6.45) is 6.74. The minimum absolute atomic E-state index is 0.659. The Morgan fingerprint density at radius 1 is 1.33 bits per heavy atom. The van der Waals surface area contributed by atoms with Crippen molar-refractivity contribution in [2.24, 2.45) is 5.16 Å². The molecule has 0 radical (unpaired) electrons. The number of aromatic nitrogens is 2. The number of hydrogen-bond acceptors (Lipinski definition) is 4. The molecule has 94 valence electrons. The summed E-state index contributed by atoms with van der Waals surface area (Å²) in [5, 5.41) is 11.3. The summed E-state index contributed by atoms with van der Waals surface area (Å²) in [4.78, 5) is 7.01. The average molecular weight is 245 g/mol. The van der Waals surface area contributed by atoms with E-state index in [1.54, 1.807) is 6.33 Å². The van der Waals surface area contributed by atoms with E-state index in [1.807, 2.05) is 30.5 Å². The van der Waals surface area contributed by atoms with Crippen LogP contribution in [-0.4, -0.2) is 28.0 Å². The molecular formula is C13H15N3O2. The van der Waals surface area contributed by atoms with E-state index in [9.17, 15) is 0 Å². The van der Waals surface area contributed by atoms with Crippen molar-refractivity contribution in [2.45, 2.75) is 12.8 Å². The molecule has 2 N–H and O–H groups in total. The van der Waals surface area contributed by atoms with Crippen LogP contribution in [0, 0.1) is 0 Å². The summed E-state index contributed by atoms with van der Waals surface area (Å²) >= 11 is 0. The van der Waals surface area contributed by atoms with E-state index < -0.39 is 0 Å². The van der Waals surface area contributed by atoms with Gasteiger partial charge in [-0.3, -0.25) is 0 Å². The molecule has 0 bridgehead atoms. The van der Waals surface area contributed by atoms with E-state index in [-0.39, 0.29) is 0 Å². The average Bonchev–Trinajstić information content (AvgIpc) is 2.90. The quantitative estimate of drug-likeness (QED) is 0.355. The molecule has 0 aliphatic rings. The Hall–Kier alpha value is -2.30. The zero-order chi connectivity index (χ0) is 12.6. The second-order valence-electron chi connectivity index (χ2n) is 3.84. The van der Waals surface area contributed by atoms with E-state index in [0.717, 1.165) is 29.8 Å². The number of aromatic amines is 1. The van der Waals surface area contributed by atoms with Gasteiger partial charge in [0, 0.05) is 11.9 Å². The normalized spacial score (nSPS) is 10.9. The maximum absolute atomic E-state index is 8.38. The largest absolute Gasteiger partial charge is 0.494 e. The highest BCUT2D eigenvalue weighted by atomic mass is 16.5. The van der Waals surface area contributed by atoms with E-state index in [0.29, 0.717) is 6.61 Å². The van der Waals surface area contributed by atoms with Gasteiger partial charge in [-0.2, -0.15) is 0 Å². The summed E-state index contributed by atoms with van der Waals surface area (Å²) in [6, 6.07) is 7.38. The molecule has 0 spiro atoms. The van der Waals surface area contributed by atoms with Crippen molar-refractivity contribution < 1.29 is 9.94 Å². The van der Waals surface area contributed by atoms with Gasteiger partial charge in [-0.1, -0.05) is 5.16 Å². The molecule has 1 aromatic carbocycles. The lowest BCUT2D eigenvalue weighted by Crippen LogP contribution is -1.99. The van der Waals surface area contributed by atoms with E-state index in [2.05, 4.69) is 15.1 Å². The Bertz CT molecular complexity index is 477. The second kappa shape index (κ2) is 6.44. The summed E-state index contributed by atoms with van der Waals surface area (Å²) < 4.78 is 5.60. The molecule has 18 heavy (non-hydrogen) atoms. The Morgan fingerprint density at radius 3 is 2.83 bits per heavy atom. The standard InChI is InChI=1S/C13H15N3O2/c17-16-8-11-3-5-13(6-4-11)18-7-1-2-12-9-14-10-15-12/h3-6,8-10,17H,1-2,7H2,(H,14,15)/b16-8+.